The highest BCUT2D eigenvalue weighted by molar-refractivity contribution is 6.34. The Morgan fingerprint density at radius 3 is 2.24 bits per heavy atom. The first-order chi connectivity index (χ1) is 19.7. The van der Waals surface area contributed by atoms with Crippen LogP contribution in [0.4, 0.5) is 10.5 Å². The molecule has 0 aliphatic rings. The molecule has 41 heavy (non-hydrogen) atoms. The van der Waals surface area contributed by atoms with E-state index in [9.17, 15) is 14.7 Å². The summed E-state index contributed by atoms with van der Waals surface area (Å²) in [6.07, 6.45) is -0.00259. The molecule has 1 unspecified atom stereocenters. The van der Waals surface area contributed by atoms with Crippen molar-refractivity contribution in [3.63, 3.8) is 0 Å². The SMILES string of the molecule is CCOC(Cc1ccc(OCCN(CCCOCc2cc(Cl)cc(Cl)c2)C(=O)Nc2ccc(C)cc2)cc1)C(=O)O. The zero-order valence-electron chi connectivity index (χ0n) is 23.3. The summed E-state index contributed by atoms with van der Waals surface area (Å²) < 4.78 is 17.0. The third kappa shape index (κ3) is 11.6. The van der Waals surface area contributed by atoms with E-state index >= 15 is 0 Å². The Morgan fingerprint density at radius 2 is 1.61 bits per heavy atom. The molecule has 0 radical (unpaired) electrons. The molecule has 3 rings (SSSR count). The van der Waals surface area contributed by atoms with E-state index in [0.717, 1.165) is 16.7 Å². The van der Waals surface area contributed by atoms with Crippen molar-refractivity contribution in [3.05, 3.63) is 93.5 Å². The van der Waals surface area contributed by atoms with E-state index in [1.54, 1.807) is 30.0 Å². The smallest absolute Gasteiger partial charge is 0.333 e. The first-order valence-electron chi connectivity index (χ1n) is 13.4. The van der Waals surface area contributed by atoms with Gasteiger partial charge in [-0.05, 0) is 73.9 Å². The van der Waals surface area contributed by atoms with Crippen molar-refractivity contribution in [2.24, 2.45) is 0 Å². The number of amides is 2. The number of aliphatic carboxylic acids is 1. The third-order valence-electron chi connectivity index (χ3n) is 6.12. The molecule has 0 aromatic heterocycles. The molecule has 8 nitrogen and oxygen atoms in total. The Balaban J connectivity index is 1.52. The molecule has 2 N–H and O–H groups in total. The summed E-state index contributed by atoms with van der Waals surface area (Å²) in [7, 11) is 0. The number of rotatable bonds is 16. The largest absolute Gasteiger partial charge is 0.492 e. The maximum absolute atomic E-state index is 13.1. The van der Waals surface area contributed by atoms with Crippen LogP contribution in [-0.2, 0) is 27.3 Å². The van der Waals surface area contributed by atoms with E-state index in [0.29, 0.717) is 60.8 Å². The minimum atomic E-state index is -0.990. The maximum atomic E-state index is 13.1. The number of nitrogens with zero attached hydrogens (tertiary/aromatic N) is 1. The van der Waals surface area contributed by atoms with E-state index in [1.165, 1.54) is 0 Å². The molecule has 10 heteroatoms. The van der Waals surface area contributed by atoms with Crippen LogP contribution in [0.3, 0.4) is 0 Å². The molecule has 220 valence electrons. The quantitative estimate of drug-likeness (QED) is 0.174. The Kier molecular flexibility index (Phi) is 13.2. The predicted molar refractivity (Wildman–Crippen MR) is 161 cm³/mol. The van der Waals surface area contributed by atoms with Gasteiger partial charge in [0, 0.05) is 41.9 Å². The second-order valence-electron chi connectivity index (χ2n) is 9.45. The minimum Gasteiger partial charge on any atom is -0.492 e. The summed E-state index contributed by atoms with van der Waals surface area (Å²) in [5, 5.41) is 13.4. The lowest BCUT2D eigenvalue weighted by Crippen LogP contribution is -2.39. The van der Waals surface area contributed by atoms with Gasteiger partial charge in [-0.1, -0.05) is 53.0 Å². The van der Waals surface area contributed by atoms with Crippen LogP contribution in [0.15, 0.2) is 66.7 Å². The van der Waals surface area contributed by atoms with Crippen LogP contribution in [0, 0.1) is 6.92 Å². The summed E-state index contributed by atoms with van der Waals surface area (Å²) in [6, 6.07) is 19.9. The van der Waals surface area contributed by atoms with Gasteiger partial charge >= 0.3 is 12.0 Å². The van der Waals surface area contributed by atoms with E-state index in [1.807, 2.05) is 55.5 Å². The second kappa shape index (κ2) is 16.8. The number of hydrogen-bond acceptors (Lipinski definition) is 5. The number of carbonyl (C=O) groups is 2. The molecule has 0 fully saturated rings. The number of urea groups is 1. The second-order valence-corrected chi connectivity index (χ2v) is 10.3. The maximum Gasteiger partial charge on any atom is 0.333 e. The lowest BCUT2D eigenvalue weighted by atomic mass is 10.1. The van der Waals surface area contributed by atoms with E-state index < -0.39 is 12.1 Å². The topological polar surface area (TPSA) is 97.3 Å². The van der Waals surface area contributed by atoms with Gasteiger partial charge in [0.2, 0.25) is 0 Å². The number of benzene rings is 3. The fourth-order valence-electron chi connectivity index (χ4n) is 4.02. The van der Waals surface area contributed by atoms with E-state index in [4.69, 9.17) is 37.4 Å². The van der Waals surface area contributed by atoms with Crippen molar-refractivity contribution >= 4 is 40.9 Å². The fourth-order valence-corrected chi connectivity index (χ4v) is 4.60. The van der Waals surface area contributed by atoms with Gasteiger partial charge in [0.1, 0.15) is 12.4 Å². The molecular formula is C31H36Cl2N2O6. The van der Waals surface area contributed by atoms with Crippen LogP contribution in [0.25, 0.3) is 0 Å². The van der Waals surface area contributed by atoms with Crippen molar-refractivity contribution in [2.45, 2.75) is 39.4 Å². The van der Waals surface area contributed by atoms with Gasteiger partial charge in [0.05, 0.1) is 13.2 Å². The standard InChI is InChI=1S/C31H36Cl2N2O6/c1-3-40-29(30(36)37)19-23-7-11-28(12-8-23)41-16-14-35(31(38)34-27-9-5-22(2)6-10-27)13-4-15-39-21-24-17-25(32)20-26(33)18-24/h5-12,17-18,20,29H,3-4,13-16,19,21H2,1-2H3,(H,34,38)(H,36,37). The fraction of sp³-hybridized carbons (Fsp3) is 0.355. The zero-order valence-corrected chi connectivity index (χ0v) is 24.8. The van der Waals surface area contributed by atoms with Gasteiger partial charge < -0.3 is 29.5 Å². The summed E-state index contributed by atoms with van der Waals surface area (Å²) in [4.78, 5) is 26.1. The Morgan fingerprint density at radius 1 is 0.927 bits per heavy atom. The Labute approximate surface area is 251 Å². The number of hydrogen-bond donors (Lipinski definition) is 2. The summed E-state index contributed by atoms with van der Waals surface area (Å²) in [6.45, 7) is 5.99. The van der Waals surface area contributed by atoms with Gasteiger partial charge in [-0.15, -0.1) is 0 Å². The monoisotopic (exact) mass is 602 g/mol. The highest BCUT2D eigenvalue weighted by atomic mass is 35.5. The first-order valence-corrected chi connectivity index (χ1v) is 14.2. The summed E-state index contributed by atoms with van der Waals surface area (Å²) in [5.74, 6) is -0.366. The normalized spacial score (nSPS) is 11.6. The van der Waals surface area contributed by atoms with Gasteiger partial charge in [-0.3, -0.25) is 0 Å². The van der Waals surface area contributed by atoms with Crippen LogP contribution in [-0.4, -0.2) is 61.0 Å². The van der Waals surface area contributed by atoms with E-state index in [-0.39, 0.29) is 19.1 Å². The molecular weight excluding hydrogens is 567 g/mol. The van der Waals surface area contributed by atoms with Crippen LogP contribution in [0.1, 0.15) is 30.0 Å². The molecule has 0 spiro atoms. The number of carboxylic acid groups (broad SMARTS) is 1. The summed E-state index contributed by atoms with van der Waals surface area (Å²) in [5.41, 5.74) is 3.53. The van der Waals surface area contributed by atoms with Crippen LogP contribution < -0.4 is 10.1 Å². The number of aryl methyl sites for hydroxylation is 1. The molecule has 2 amide bonds. The third-order valence-corrected chi connectivity index (χ3v) is 6.55. The first kappa shape index (κ1) is 32.2. The lowest BCUT2D eigenvalue weighted by molar-refractivity contribution is -0.149. The van der Waals surface area contributed by atoms with Crippen LogP contribution >= 0.6 is 23.2 Å². The molecule has 0 aliphatic carbocycles. The number of carbonyl (C=O) groups excluding carboxylic acids is 1. The van der Waals surface area contributed by atoms with Crippen molar-refractivity contribution in [2.75, 3.05) is 38.2 Å². The zero-order chi connectivity index (χ0) is 29.6. The molecule has 0 heterocycles. The number of carboxylic acids is 1. The Hall–Kier alpha value is -3.30. The molecule has 0 bridgehead atoms. The minimum absolute atomic E-state index is 0.231. The molecule has 1 atom stereocenters. The number of ether oxygens (including phenoxy) is 3. The van der Waals surface area contributed by atoms with Crippen molar-refractivity contribution in [1.29, 1.82) is 0 Å². The highest BCUT2D eigenvalue weighted by Gasteiger charge is 2.18. The van der Waals surface area contributed by atoms with Crippen molar-refractivity contribution in [1.82, 2.24) is 4.90 Å². The molecule has 0 saturated heterocycles. The number of nitrogens with one attached hydrogen (secondary N) is 1. The molecule has 3 aromatic carbocycles. The molecule has 0 saturated carbocycles. The van der Waals surface area contributed by atoms with Gasteiger partial charge in [0.15, 0.2) is 6.10 Å². The van der Waals surface area contributed by atoms with Gasteiger partial charge in [-0.2, -0.15) is 0 Å². The lowest BCUT2D eigenvalue weighted by Gasteiger charge is -2.23. The van der Waals surface area contributed by atoms with Gasteiger partial charge in [0.25, 0.3) is 0 Å². The van der Waals surface area contributed by atoms with Crippen LogP contribution in [0.5, 0.6) is 5.75 Å². The van der Waals surface area contributed by atoms with Crippen molar-refractivity contribution < 1.29 is 28.9 Å². The molecule has 0 aliphatic heterocycles. The molecule has 3 aromatic rings. The number of anilines is 1. The van der Waals surface area contributed by atoms with Crippen molar-refractivity contribution in [3.8, 4) is 5.75 Å². The predicted octanol–water partition coefficient (Wildman–Crippen LogP) is 6.85. The summed E-state index contributed by atoms with van der Waals surface area (Å²) >= 11 is 12.1. The average Bonchev–Trinajstić information content (AvgIpc) is 2.93. The Bertz CT molecular complexity index is 1230. The highest BCUT2D eigenvalue weighted by Crippen LogP contribution is 2.20. The van der Waals surface area contributed by atoms with Gasteiger partial charge in [-0.25, -0.2) is 9.59 Å². The van der Waals surface area contributed by atoms with E-state index in [2.05, 4.69) is 5.32 Å². The van der Waals surface area contributed by atoms with Crippen LogP contribution in [0.2, 0.25) is 10.0 Å². The number of halogens is 2. The average molecular weight is 604 g/mol.